The molecule has 0 aromatic heterocycles. The summed E-state index contributed by atoms with van der Waals surface area (Å²) in [7, 11) is 0. The predicted octanol–water partition coefficient (Wildman–Crippen LogP) is 4.55. The fourth-order valence-electron chi connectivity index (χ4n) is 1.28. The first-order valence-corrected chi connectivity index (χ1v) is 5.02. The van der Waals surface area contributed by atoms with Crippen molar-refractivity contribution in [2.45, 2.75) is 20.3 Å². The van der Waals surface area contributed by atoms with Crippen LogP contribution in [-0.4, -0.2) is 0 Å². The number of hydrogen-bond donors (Lipinski definition) is 0. The van der Waals surface area contributed by atoms with Gasteiger partial charge in [-0.05, 0) is 24.5 Å². The van der Waals surface area contributed by atoms with Gasteiger partial charge in [0, 0.05) is 0 Å². The van der Waals surface area contributed by atoms with Crippen LogP contribution in [-0.2, 0) is 0 Å². The van der Waals surface area contributed by atoms with Gasteiger partial charge in [-0.2, -0.15) is 0 Å². The first kappa shape index (κ1) is 10.6. The van der Waals surface area contributed by atoms with E-state index < -0.39 is 0 Å². The molecule has 0 saturated carbocycles. The Morgan fingerprint density at radius 3 is 2.46 bits per heavy atom. The number of benzene rings is 1. The van der Waals surface area contributed by atoms with Crippen LogP contribution in [0.25, 0.3) is 5.57 Å². The van der Waals surface area contributed by atoms with Crippen molar-refractivity contribution >= 4 is 28.8 Å². The zero-order chi connectivity index (χ0) is 9.84. The first-order valence-electron chi connectivity index (χ1n) is 4.26. The standard InChI is InChI=1S/C11H12Cl2/c1-3-10(11(12)13)9-6-4-5-8(2)7-9/h4-7H,3H2,1-2H3. The van der Waals surface area contributed by atoms with Crippen molar-refractivity contribution in [3.8, 4) is 0 Å². The van der Waals surface area contributed by atoms with E-state index in [0.29, 0.717) is 4.49 Å². The molecule has 0 unspecified atom stereocenters. The lowest BCUT2D eigenvalue weighted by atomic mass is 10.0. The number of rotatable bonds is 2. The molecular weight excluding hydrogens is 203 g/mol. The minimum absolute atomic E-state index is 0.369. The zero-order valence-electron chi connectivity index (χ0n) is 7.77. The average molecular weight is 215 g/mol. The molecule has 0 atom stereocenters. The lowest BCUT2D eigenvalue weighted by Crippen LogP contribution is -1.84. The van der Waals surface area contributed by atoms with Gasteiger partial charge in [-0.15, -0.1) is 0 Å². The minimum atomic E-state index is 0.369. The van der Waals surface area contributed by atoms with Crippen LogP contribution in [0.5, 0.6) is 0 Å². The van der Waals surface area contributed by atoms with Gasteiger partial charge in [-0.25, -0.2) is 0 Å². The molecule has 0 N–H and O–H groups in total. The summed E-state index contributed by atoms with van der Waals surface area (Å²) in [5.41, 5.74) is 3.34. The van der Waals surface area contributed by atoms with E-state index in [9.17, 15) is 0 Å². The Bertz CT molecular complexity index is 323. The van der Waals surface area contributed by atoms with E-state index in [1.165, 1.54) is 5.56 Å². The summed E-state index contributed by atoms with van der Waals surface area (Å²) < 4.78 is 0.369. The van der Waals surface area contributed by atoms with Gasteiger partial charge in [-0.3, -0.25) is 0 Å². The van der Waals surface area contributed by atoms with Gasteiger partial charge in [0.25, 0.3) is 0 Å². The van der Waals surface area contributed by atoms with E-state index in [4.69, 9.17) is 23.2 Å². The van der Waals surface area contributed by atoms with Crippen molar-refractivity contribution in [1.29, 1.82) is 0 Å². The Hall–Kier alpha value is -0.460. The van der Waals surface area contributed by atoms with Crippen LogP contribution in [0.1, 0.15) is 24.5 Å². The van der Waals surface area contributed by atoms with E-state index >= 15 is 0 Å². The van der Waals surface area contributed by atoms with E-state index in [2.05, 4.69) is 19.1 Å². The number of hydrogen-bond acceptors (Lipinski definition) is 0. The summed E-state index contributed by atoms with van der Waals surface area (Å²) in [5, 5.41) is 0. The SMILES string of the molecule is CCC(=C(Cl)Cl)c1cccc(C)c1. The summed E-state index contributed by atoms with van der Waals surface area (Å²) in [6.45, 7) is 4.10. The second-order valence-electron chi connectivity index (χ2n) is 2.96. The zero-order valence-corrected chi connectivity index (χ0v) is 9.28. The smallest absolute Gasteiger partial charge is 0.0706 e. The molecule has 0 aliphatic heterocycles. The number of aryl methyl sites for hydroxylation is 1. The van der Waals surface area contributed by atoms with Crippen molar-refractivity contribution in [2.24, 2.45) is 0 Å². The quantitative estimate of drug-likeness (QED) is 0.678. The summed E-state index contributed by atoms with van der Waals surface area (Å²) in [6.07, 6.45) is 0.853. The predicted molar refractivity (Wildman–Crippen MR) is 60.1 cm³/mol. The third-order valence-electron chi connectivity index (χ3n) is 1.95. The molecule has 0 nitrogen and oxygen atoms in total. The second kappa shape index (κ2) is 4.69. The van der Waals surface area contributed by atoms with Gasteiger partial charge in [0.2, 0.25) is 0 Å². The van der Waals surface area contributed by atoms with Crippen LogP contribution < -0.4 is 0 Å². The lowest BCUT2D eigenvalue weighted by Gasteiger charge is -2.05. The molecule has 0 aliphatic rings. The third kappa shape index (κ3) is 2.75. The van der Waals surface area contributed by atoms with Crippen LogP contribution in [0, 0.1) is 6.92 Å². The summed E-state index contributed by atoms with van der Waals surface area (Å²) in [5.74, 6) is 0. The Labute approximate surface area is 89.2 Å². The molecule has 1 aromatic carbocycles. The van der Waals surface area contributed by atoms with Gasteiger partial charge in [0.15, 0.2) is 0 Å². The lowest BCUT2D eigenvalue weighted by molar-refractivity contribution is 1.23. The van der Waals surface area contributed by atoms with Gasteiger partial charge in [0.05, 0.1) is 0 Å². The normalized spacial score (nSPS) is 9.85. The maximum absolute atomic E-state index is 5.78. The van der Waals surface area contributed by atoms with Gasteiger partial charge in [-0.1, -0.05) is 60.0 Å². The Morgan fingerprint density at radius 1 is 1.31 bits per heavy atom. The van der Waals surface area contributed by atoms with Gasteiger partial charge >= 0.3 is 0 Å². The van der Waals surface area contributed by atoms with Crippen LogP contribution >= 0.6 is 23.2 Å². The van der Waals surface area contributed by atoms with Crippen molar-refractivity contribution in [3.63, 3.8) is 0 Å². The van der Waals surface area contributed by atoms with Crippen LogP contribution in [0.4, 0.5) is 0 Å². The maximum Gasteiger partial charge on any atom is 0.110 e. The highest BCUT2D eigenvalue weighted by Gasteiger charge is 2.03. The van der Waals surface area contributed by atoms with Crippen molar-refractivity contribution < 1.29 is 0 Å². The van der Waals surface area contributed by atoms with Crippen LogP contribution in [0.15, 0.2) is 28.8 Å². The topological polar surface area (TPSA) is 0 Å². The highest BCUT2D eigenvalue weighted by atomic mass is 35.5. The van der Waals surface area contributed by atoms with Crippen LogP contribution in [0.2, 0.25) is 0 Å². The highest BCUT2D eigenvalue weighted by Crippen LogP contribution is 2.27. The molecule has 0 radical (unpaired) electrons. The fourth-order valence-corrected chi connectivity index (χ4v) is 1.77. The summed E-state index contributed by atoms with van der Waals surface area (Å²) >= 11 is 11.6. The monoisotopic (exact) mass is 214 g/mol. The number of allylic oxidation sites excluding steroid dienone is 1. The molecule has 0 spiro atoms. The van der Waals surface area contributed by atoms with Crippen molar-refractivity contribution in [1.82, 2.24) is 0 Å². The maximum atomic E-state index is 5.78. The highest BCUT2D eigenvalue weighted by molar-refractivity contribution is 6.58. The molecular formula is C11H12Cl2. The molecule has 0 heterocycles. The Balaban J connectivity index is 3.14. The summed E-state index contributed by atoms with van der Waals surface area (Å²) in [4.78, 5) is 0. The molecule has 70 valence electrons. The molecule has 0 saturated heterocycles. The fraction of sp³-hybridized carbons (Fsp3) is 0.273. The van der Waals surface area contributed by atoms with Crippen molar-refractivity contribution in [3.05, 3.63) is 39.9 Å². The molecule has 0 amide bonds. The molecule has 1 aromatic rings. The molecule has 0 aliphatic carbocycles. The molecule has 1 rings (SSSR count). The molecule has 0 fully saturated rings. The molecule has 0 bridgehead atoms. The second-order valence-corrected chi connectivity index (χ2v) is 3.91. The third-order valence-corrected chi connectivity index (χ3v) is 2.40. The average Bonchev–Trinajstić information content (AvgIpc) is 2.04. The Kier molecular flexibility index (Phi) is 3.83. The number of halogens is 2. The first-order chi connectivity index (χ1) is 6.15. The molecule has 2 heteroatoms. The van der Waals surface area contributed by atoms with E-state index in [-0.39, 0.29) is 0 Å². The van der Waals surface area contributed by atoms with Crippen molar-refractivity contribution in [2.75, 3.05) is 0 Å². The van der Waals surface area contributed by atoms with Gasteiger partial charge < -0.3 is 0 Å². The van der Waals surface area contributed by atoms with E-state index in [0.717, 1.165) is 17.6 Å². The van der Waals surface area contributed by atoms with Gasteiger partial charge in [0.1, 0.15) is 4.49 Å². The Morgan fingerprint density at radius 2 is 2.00 bits per heavy atom. The molecule has 13 heavy (non-hydrogen) atoms. The summed E-state index contributed by atoms with van der Waals surface area (Å²) in [6, 6.07) is 8.18. The van der Waals surface area contributed by atoms with E-state index in [1.807, 2.05) is 19.1 Å². The van der Waals surface area contributed by atoms with Crippen LogP contribution in [0.3, 0.4) is 0 Å². The minimum Gasteiger partial charge on any atom is -0.0706 e. The van der Waals surface area contributed by atoms with E-state index in [1.54, 1.807) is 0 Å². The largest absolute Gasteiger partial charge is 0.110 e.